The number of piperidine rings is 2. The van der Waals surface area contributed by atoms with Crippen molar-refractivity contribution >= 4 is 5.96 Å². The van der Waals surface area contributed by atoms with E-state index in [-0.39, 0.29) is 5.54 Å². The maximum Gasteiger partial charge on any atom is 0.191 e. The molecule has 0 unspecified atom stereocenters. The molecular weight excluding hydrogens is 326 g/mol. The van der Waals surface area contributed by atoms with Gasteiger partial charge in [0.05, 0.1) is 6.26 Å². The minimum Gasteiger partial charge on any atom is -0.469 e. The Kier molecular flexibility index (Phi) is 6.97. The van der Waals surface area contributed by atoms with Crippen LogP contribution in [0.1, 0.15) is 37.9 Å². The monoisotopic (exact) mass is 361 g/mol. The van der Waals surface area contributed by atoms with E-state index in [1.165, 1.54) is 58.3 Å². The average Bonchev–Trinajstić information content (AvgIpc) is 3.20. The van der Waals surface area contributed by atoms with Gasteiger partial charge in [0, 0.05) is 32.1 Å². The Morgan fingerprint density at radius 2 is 1.92 bits per heavy atom. The molecule has 6 nitrogen and oxygen atoms in total. The lowest BCUT2D eigenvalue weighted by Crippen LogP contribution is -2.62. The van der Waals surface area contributed by atoms with E-state index in [1.54, 1.807) is 6.26 Å². The number of aliphatic imine (C=N–C) groups is 1. The maximum absolute atomic E-state index is 5.40. The van der Waals surface area contributed by atoms with Gasteiger partial charge in [-0.15, -0.1) is 0 Å². The number of likely N-dealkylation sites (tertiary alicyclic amines) is 2. The van der Waals surface area contributed by atoms with Crippen molar-refractivity contribution in [2.75, 3.05) is 53.4 Å². The summed E-state index contributed by atoms with van der Waals surface area (Å²) in [5.74, 6) is 1.90. The number of hydrogen-bond donors (Lipinski definition) is 2. The topological polar surface area (TPSA) is 56.0 Å². The second-order valence-electron chi connectivity index (χ2n) is 7.76. The highest BCUT2D eigenvalue weighted by Crippen LogP contribution is 2.30. The summed E-state index contributed by atoms with van der Waals surface area (Å²) >= 11 is 0. The summed E-state index contributed by atoms with van der Waals surface area (Å²) in [5, 5.41) is 7.05. The molecule has 26 heavy (non-hydrogen) atoms. The van der Waals surface area contributed by atoms with Gasteiger partial charge >= 0.3 is 0 Å². The highest BCUT2D eigenvalue weighted by atomic mass is 16.3. The fourth-order valence-electron chi connectivity index (χ4n) is 4.24. The van der Waals surface area contributed by atoms with Crippen LogP contribution in [-0.2, 0) is 6.42 Å². The van der Waals surface area contributed by atoms with Crippen molar-refractivity contribution in [3.63, 3.8) is 0 Å². The van der Waals surface area contributed by atoms with Crippen LogP contribution in [-0.4, -0.2) is 74.7 Å². The second-order valence-corrected chi connectivity index (χ2v) is 7.76. The van der Waals surface area contributed by atoms with Gasteiger partial charge in [-0.3, -0.25) is 9.89 Å². The van der Waals surface area contributed by atoms with Gasteiger partial charge in [0.1, 0.15) is 5.76 Å². The largest absolute Gasteiger partial charge is 0.469 e. The van der Waals surface area contributed by atoms with E-state index in [2.05, 4.69) is 32.5 Å². The molecule has 2 N–H and O–H groups in total. The predicted octanol–water partition coefficient (Wildman–Crippen LogP) is 1.94. The van der Waals surface area contributed by atoms with E-state index in [1.807, 2.05) is 19.2 Å². The van der Waals surface area contributed by atoms with Crippen molar-refractivity contribution in [2.24, 2.45) is 4.99 Å². The van der Waals surface area contributed by atoms with E-state index >= 15 is 0 Å². The van der Waals surface area contributed by atoms with Crippen molar-refractivity contribution in [3.8, 4) is 0 Å². The van der Waals surface area contributed by atoms with Gasteiger partial charge in [-0.1, -0.05) is 6.42 Å². The van der Waals surface area contributed by atoms with E-state index in [4.69, 9.17) is 4.42 Å². The molecule has 1 aromatic rings. The molecule has 0 aromatic carbocycles. The Hall–Kier alpha value is -1.53. The molecule has 2 saturated heterocycles. The summed E-state index contributed by atoms with van der Waals surface area (Å²) in [6.45, 7) is 6.66. The zero-order valence-corrected chi connectivity index (χ0v) is 16.5. The van der Waals surface area contributed by atoms with Crippen LogP contribution in [0.3, 0.4) is 0 Å². The van der Waals surface area contributed by atoms with Crippen LogP contribution in [0.4, 0.5) is 0 Å². The molecule has 0 bridgehead atoms. The molecule has 2 aliphatic heterocycles. The van der Waals surface area contributed by atoms with Gasteiger partial charge < -0.3 is 20.0 Å². The molecule has 0 aliphatic carbocycles. The fraction of sp³-hybridized carbons (Fsp3) is 0.750. The minimum atomic E-state index is 0.269. The van der Waals surface area contributed by atoms with Crippen LogP contribution < -0.4 is 10.6 Å². The van der Waals surface area contributed by atoms with E-state index < -0.39 is 0 Å². The number of nitrogens with one attached hydrogen (secondary N) is 2. The number of hydrogen-bond acceptors (Lipinski definition) is 4. The first kappa shape index (κ1) is 19.2. The van der Waals surface area contributed by atoms with Crippen LogP contribution in [0.5, 0.6) is 0 Å². The van der Waals surface area contributed by atoms with Gasteiger partial charge in [0.2, 0.25) is 0 Å². The van der Waals surface area contributed by atoms with Crippen molar-refractivity contribution < 1.29 is 4.42 Å². The van der Waals surface area contributed by atoms with Gasteiger partial charge in [-0.05, 0) is 71.0 Å². The van der Waals surface area contributed by atoms with Crippen molar-refractivity contribution in [1.29, 1.82) is 0 Å². The lowest BCUT2D eigenvalue weighted by molar-refractivity contribution is 0.0173. The standard InChI is InChI=1S/C20H35N5O/c1-21-19(22-11-8-18-7-6-16-26-18)23-17-20(9-14-24(2)15-10-20)25-12-4-3-5-13-25/h6-7,16H,3-5,8-15,17H2,1-2H3,(H2,21,22,23). The van der Waals surface area contributed by atoms with Gasteiger partial charge in [-0.2, -0.15) is 0 Å². The van der Waals surface area contributed by atoms with Gasteiger partial charge in [0.25, 0.3) is 0 Å². The smallest absolute Gasteiger partial charge is 0.191 e. The molecule has 6 heteroatoms. The molecule has 3 heterocycles. The van der Waals surface area contributed by atoms with Crippen molar-refractivity contribution in [3.05, 3.63) is 24.2 Å². The molecule has 2 fully saturated rings. The maximum atomic E-state index is 5.40. The first-order valence-corrected chi connectivity index (χ1v) is 10.1. The fourth-order valence-corrected chi connectivity index (χ4v) is 4.24. The SMILES string of the molecule is CN=C(NCCc1ccco1)NCC1(N2CCCCC2)CCN(C)CC1. The summed E-state index contributed by atoms with van der Waals surface area (Å²) < 4.78 is 5.40. The number of rotatable bonds is 6. The molecule has 0 spiro atoms. The predicted molar refractivity (Wildman–Crippen MR) is 107 cm³/mol. The lowest BCUT2D eigenvalue weighted by atomic mass is 9.84. The van der Waals surface area contributed by atoms with Crippen molar-refractivity contribution in [2.45, 2.75) is 44.1 Å². The Labute approximate surface area is 158 Å². The zero-order chi connectivity index (χ0) is 18.2. The van der Waals surface area contributed by atoms with Gasteiger partial charge in [0.15, 0.2) is 5.96 Å². The Morgan fingerprint density at radius 3 is 2.58 bits per heavy atom. The third-order valence-electron chi connectivity index (χ3n) is 6.00. The van der Waals surface area contributed by atoms with E-state index in [0.717, 1.165) is 31.2 Å². The van der Waals surface area contributed by atoms with Crippen LogP contribution >= 0.6 is 0 Å². The van der Waals surface area contributed by atoms with Crippen LogP contribution in [0.25, 0.3) is 0 Å². The summed E-state index contributed by atoms with van der Waals surface area (Å²) in [4.78, 5) is 9.63. The Morgan fingerprint density at radius 1 is 1.15 bits per heavy atom. The van der Waals surface area contributed by atoms with Crippen LogP contribution in [0.15, 0.2) is 27.8 Å². The van der Waals surface area contributed by atoms with Crippen LogP contribution in [0, 0.1) is 0 Å². The van der Waals surface area contributed by atoms with E-state index in [0.29, 0.717) is 0 Å². The number of nitrogens with zero attached hydrogens (tertiary/aromatic N) is 3. The second kappa shape index (κ2) is 9.42. The Balaban J connectivity index is 1.53. The molecule has 146 valence electrons. The van der Waals surface area contributed by atoms with Crippen LogP contribution in [0.2, 0.25) is 0 Å². The Bertz CT molecular complexity index is 543. The normalized spacial score (nSPS) is 22.3. The van der Waals surface area contributed by atoms with Gasteiger partial charge in [-0.25, -0.2) is 0 Å². The summed E-state index contributed by atoms with van der Waals surface area (Å²) in [6, 6.07) is 3.95. The third kappa shape index (κ3) is 5.01. The third-order valence-corrected chi connectivity index (χ3v) is 6.00. The number of furan rings is 1. The molecule has 2 aliphatic rings. The zero-order valence-electron chi connectivity index (χ0n) is 16.5. The molecule has 0 atom stereocenters. The molecule has 1 aromatic heterocycles. The molecule has 0 amide bonds. The molecule has 0 saturated carbocycles. The molecule has 0 radical (unpaired) electrons. The highest BCUT2D eigenvalue weighted by molar-refractivity contribution is 5.79. The average molecular weight is 362 g/mol. The summed E-state index contributed by atoms with van der Waals surface area (Å²) in [5.41, 5.74) is 0.269. The minimum absolute atomic E-state index is 0.269. The first-order chi connectivity index (χ1) is 12.7. The quantitative estimate of drug-likeness (QED) is 0.599. The van der Waals surface area contributed by atoms with Crippen molar-refractivity contribution in [1.82, 2.24) is 20.4 Å². The van der Waals surface area contributed by atoms with E-state index in [9.17, 15) is 0 Å². The summed E-state index contributed by atoms with van der Waals surface area (Å²) in [6.07, 6.45) is 9.14. The highest BCUT2D eigenvalue weighted by Gasteiger charge is 2.39. The number of guanidine groups is 1. The molecule has 3 rings (SSSR count). The first-order valence-electron chi connectivity index (χ1n) is 10.1. The lowest BCUT2D eigenvalue weighted by Gasteiger charge is -2.50. The summed E-state index contributed by atoms with van der Waals surface area (Å²) in [7, 11) is 4.09. The molecular formula is C20H35N5O.